The summed E-state index contributed by atoms with van der Waals surface area (Å²) in [5, 5.41) is 1.87. The number of aryl methyl sites for hydroxylation is 2. The number of nitrogens with zero attached hydrogens (tertiary/aromatic N) is 5. The molecule has 8 heteroatoms. The summed E-state index contributed by atoms with van der Waals surface area (Å²) in [5.74, 6) is 8.57. The van der Waals surface area contributed by atoms with Gasteiger partial charge in [-0.3, -0.25) is 4.98 Å². The fourth-order valence-electron chi connectivity index (χ4n) is 7.97. The number of benzene rings is 6. The molecule has 63 heavy (non-hydrogen) atoms. The standard InChI is InChI=1S/C41H33N4O.C14H16GeN.Ir/c1-25-20-21-30(38-36(25)33-24-42-26(2)43-40(33)46-38)39-44-34-18-12-13-19-35(34)45(39)37-31(27-14-8-6-9-15-27)22-29(41(3,4)5)23-32(37)28-16-10-7-11-17-28;1-15(2,3)13-9-10-14(16-11-13)12-7-5-4-6-8-12;/h6-20,22-24H,1-5H3;4-7,9-11H,1-3H3;/q2*-1;. The molecule has 0 saturated carbocycles. The van der Waals surface area contributed by atoms with Crippen molar-refractivity contribution in [1.29, 1.82) is 0 Å². The van der Waals surface area contributed by atoms with Crippen molar-refractivity contribution in [3.63, 3.8) is 0 Å². The Morgan fingerprint density at radius 3 is 1.94 bits per heavy atom. The van der Waals surface area contributed by atoms with E-state index in [4.69, 9.17) is 9.40 Å². The molecular weight excluding hydrogens is 1010 g/mol. The monoisotopic (exact) mass is 1060 g/mol. The molecule has 0 aliphatic heterocycles. The number of hydrogen-bond donors (Lipinski definition) is 0. The number of pyridine rings is 1. The largest absolute Gasteiger partial charge is 0 e. The fraction of sp³-hybridized carbons (Fsp3) is 0.164. The second-order valence-electron chi connectivity index (χ2n) is 17.9. The van der Waals surface area contributed by atoms with E-state index in [1.54, 1.807) is 0 Å². The Hall–Kier alpha value is -5.99. The van der Waals surface area contributed by atoms with Crippen molar-refractivity contribution in [2.75, 3.05) is 0 Å². The maximum absolute atomic E-state index is 6.54. The molecule has 10 rings (SSSR count). The van der Waals surface area contributed by atoms with Crippen molar-refractivity contribution in [2.45, 2.75) is 57.3 Å². The van der Waals surface area contributed by atoms with E-state index in [2.05, 4.69) is 180 Å². The molecule has 0 saturated heterocycles. The van der Waals surface area contributed by atoms with Gasteiger partial charge >= 0.3 is 99.8 Å². The topological polar surface area (TPSA) is 69.6 Å². The SMILES string of the molecule is Cc1ncc2c(n1)oc1c(-c3nc4ccccc4n3-c3c(-c4ccccc4)cc(C(C)(C)C)cc3-c3ccccc3)[c-]cc(C)c12.[CH3][Ge]([CH3])([CH3])[c]1ccc(-c2[c-]cccc2)nc1.[Ir]. The zero-order chi connectivity index (χ0) is 43.2. The van der Waals surface area contributed by atoms with Crippen molar-refractivity contribution in [2.24, 2.45) is 0 Å². The minimum absolute atomic E-state index is 0. The summed E-state index contributed by atoms with van der Waals surface area (Å²) in [7, 11) is 0. The van der Waals surface area contributed by atoms with Crippen LogP contribution in [0.25, 0.3) is 83.7 Å². The zero-order valence-corrected chi connectivity index (χ0v) is 41.4. The second-order valence-corrected chi connectivity index (χ2v) is 28.6. The van der Waals surface area contributed by atoms with Gasteiger partial charge in [-0.05, 0) is 58.7 Å². The molecule has 0 N–H and O–H groups in total. The van der Waals surface area contributed by atoms with Crippen LogP contribution in [0.2, 0.25) is 17.3 Å². The first kappa shape index (κ1) is 43.7. The van der Waals surface area contributed by atoms with E-state index >= 15 is 0 Å². The van der Waals surface area contributed by atoms with Crippen LogP contribution < -0.4 is 4.40 Å². The summed E-state index contributed by atoms with van der Waals surface area (Å²) >= 11 is -1.72. The van der Waals surface area contributed by atoms with Gasteiger partial charge in [0.2, 0.25) is 5.71 Å². The van der Waals surface area contributed by atoms with Crippen LogP contribution in [0, 0.1) is 26.0 Å². The average Bonchev–Trinajstić information content (AvgIpc) is 3.86. The molecule has 0 atom stereocenters. The van der Waals surface area contributed by atoms with Gasteiger partial charge in [0, 0.05) is 42.8 Å². The first-order valence-corrected chi connectivity index (χ1v) is 28.5. The van der Waals surface area contributed by atoms with Crippen LogP contribution in [-0.4, -0.2) is 37.8 Å². The predicted molar refractivity (Wildman–Crippen MR) is 259 cm³/mol. The smallest absolute Gasteiger partial charge is 0 e. The van der Waals surface area contributed by atoms with Crippen LogP contribution in [0.3, 0.4) is 0 Å². The van der Waals surface area contributed by atoms with E-state index in [-0.39, 0.29) is 25.5 Å². The fourth-order valence-corrected chi connectivity index (χ4v) is 10.1. The predicted octanol–water partition coefficient (Wildman–Crippen LogP) is 13.5. The molecule has 0 aliphatic carbocycles. The molecule has 4 aromatic heterocycles. The first-order chi connectivity index (χ1) is 29.8. The molecule has 0 amide bonds. The molecule has 0 bridgehead atoms. The van der Waals surface area contributed by atoms with Crippen molar-refractivity contribution < 1.29 is 24.5 Å². The molecule has 0 unspecified atom stereocenters. The Labute approximate surface area is 386 Å². The number of hydrogen-bond acceptors (Lipinski definition) is 5. The van der Waals surface area contributed by atoms with Crippen molar-refractivity contribution in [1.82, 2.24) is 24.5 Å². The van der Waals surface area contributed by atoms with Gasteiger partial charge in [0.1, 0.15) is 5.82 Å². The summed E-state index contributed by atoms with van der Waals surface area (Å²) in [6, 6.07) is 55.4. The number of para-hydroxylation sites is 2. The van der Waals surface area contributed by atoms with Crippen LogP contribution in [0.5, 0.6) is 0 Å². The molecule has 0 fully saturated rings. The third-order valence-corrected chi connectivity index (χ3v) is 15.6. The van der Waals surface area contributed by atoms with Gasteiger partial charge in [-0.15, -0.1) is 17.7 Å². The molecule has 6 nitrogen and oxygen atoms in total. The summed E-state index contributed by atoms with van der Waals surface area (Å²) in [4.78, 5) is 19.0. The summed E-state index contributed by atoms with van der Waals surface area (Å²) < 4.78 is 10.3. The first-order valence-electron chi connectivity index (χ1n) is 21.1. The van der Waals surface area contributed by atoms with E-state index in [1.807, 2.05) is 55.7 Å². The summed E-state index contributed by atoms with van der Waals surface area (Å²) in [6.07, 6.45) is 3.89. The Morgan fingerprint density at radius 2 is 1.33 bits per heavy atom. The normalized spacial score (nSPS) is 11.7. The van der Waals surface area contributed by atoms with Crippen LogP contribution in [0.15, 0.2) is 156 Å². The van der Waals surface area contributed by atoms with E-state index in [1.165, 1.54) is 9.96 Å². The minimum atomic E-state index is -1.72. The van der Waals surface area contributed by atoms with Crippen LogP contribution in [-0.2, 0) is 25.5 Å². The van der Waals surface area contributed by atoms with Gasteiger partial charge in [-0.25, -0.2) is 4.98 Å². The average molecular weight is 1060 g/mol. The van der Waals surface area contributed by atoms with E-state index in [0.29, 0.717) is 17.1 Å². The maximum Gasteiger partial charge on any atom is 0 e. The van der Waals surface area contributed by atoms with Gasteiger partial charge in [0.15, 0.2) is 0 Å². The van der Waals surface area contributed by atoms with Gasteiger partial charge < -0.3 is 8.98 Å². The van der Waals surface area contributed by atoms with Crippen LogP contribution >= 0.6 is 0 Å². The van der Waals surface area contributed by atoms with Gasteiger partial charge in [0.25, 0.3) is 0 Å². The number of aromatic nitrogens is 5. The van der Waals surface area contributed by atoms with Gasteiger partial charge in [0.05, 0.1) is 28.1 Å². The van der Waals surface area contributed by atoms with E-state index in [9.17, 15) is 0 Å². The summed E-state index contributed by atoms with van der Waals surface area (Å²) in [6.45, 7) is 10.8. The number of furan rings is 1. The number of rotatable bonds is 6. The third-order valence-electron chi connectivity index (χ3n) is 11.4. The third kappa shape index (κ3) is 8.70. The Bertz CT molecular complexity index is 3140. The summed E-state index contributed by atoms with van der Waals surface area (Å²) in [5.41, 5.74) is 13.9. The van der Waals surface area contributed by atoms with Crippen molar-refractivity contribution in [3.05, 3.63) is 181 Å². The van der Waals surface area contributed by atoms with Gasteiger partial charge in [-0.1, -0.05) is 106 Å². The van der Waals surface area contributed by atoms with Crippen molar-refractivity contribution in [3.8, 4) is 50.6 Å². The zero-order valence-electron chi connectivity index (χ0n) is 36.9. The van der Waals surface area contributed by atoms with Crippen molar-refractivity contribution >= 4 is 50.8 Å². The van der Waals surface area contributed by atoms with Gasteiger partial charge in [-0.2, -0.15) is 4.98 Å². The van der Waals surface area contributed by atoms with Crippen LogP contribution in [0.4, 0.5) is 0 Å². The Kier molecular flexibility index (Phi) is 12.2. The molecule has 6 aromatic carbocycles. The molecule has 315 valence electrons. The molecule has 0 aliphatic rings. The van der Waals surface area contributed by atoms with E-state index in [0.717, 1.165) is 78.0 Å². The second kappa shape index (κ2) is 17.6. The van der Waals surface area contributed by atoms with E-state index < -0.39 is 13.3 Å². The molecule has 1 radical (unpaired) electrons. The minimum Gasteiger partial charge on any atom is 0 e. The Morgan fingerprint density at radius 1 is 0.683 bits per heavy atom. The molecular formula is C55H49GeIrN5O-2. The number of imidazole rings is 1. The molecule has 0 spiro atoms. The quantitative estimate of drug-likeness (QED) is 0.123. The Balaban J connectivity index is 0.000000271. The van der Waals surface area contributed by atoms with Crippen LogP contribution in [0.1, 0.15) is 37.7 Å². The maximum atomic E-state index is 6.54. The number of fused-ring (bicyclic) bond motifs is 4. The molecule has 10 aromatic rings. The molecule has 4 heterocycles.